The van der Waals surface area contributed by atoms with E-state index in [2.05, 4.69) is 0 Å². The van der Waals surface area contributed by atoms with Crippen LogP contribution < -0.4 is 0 Å². The Morgan fingerprint density at radius 3 is 2.45 bits per heavy atom. The van der Waals surface area contributed by atoms with Gasteiger partial charge in [-0.2, -0.15) is 4.31 Å². The molecule has 0 unspecified atom stereocenters. The van der Waals surface area contributed by atoms with Gasteiger partial charge in [0.05, 0.1) is 18.1 Å². The van der Waals surface area contributed by atoms with E-state index in [4.69, 9.17) is 21.1 Å². The Balaban J connectivity index is 1.79. The summed E-state index contributed by atoms with van der Waals surface area (Å²) in [7, 11) is -3.53. The zero-order valence-corrected chi connectivity index (χ0v) is 14.1. The molecule has 0 saturated carbocycles. The minimum atomic E-state index is -3.53. The lowest BCUT2D eigenvalue weighted by Gasteiger charge is -2.42. The van der Waals surface area contributed by atoms with Gasteiger partial charge < -0.3 is 9.47 Å². The van der Waals surface area contributed by atoms with Gasteiger partial charge in [0.2, 0.25) is 10.0 Å². The molecular weight excluding hydrogens is 326 g/mol. The predicted octanol–water partition coefficient (Wildman–Crippen LogP) is 2.57. The van der Waals surface area contributed by atoms with Crippen LogP contribution in [0.5, 0.6) is 0 Å². The summed E-state index contributed by atoms with van der Waals surface area (Å²) in [6, 6.07) is 4.97. The molecule has 2 fully saturated rings. The molecule has 0 amide bonds. The van der Waals surface area contributed by atoms with Gasteiger partial charge in [0.15, 0.2) is 5.79 Å². The van der Waals surface area contributed by atoms with Crippen molar-refractivity contribution >= 4 is 21.6 Å². The standard InChI is InChI=1S/C15H20ClNO4S/c1-12-13(16)4-2-5-14(12)22(18,19)17-8-6-15(7-9-17)20-10-3-11-21-15/h2,4-5H,3,6-11H2,1H3. The Morgan fingerprint density at radius 1 is 1.18 bits per heavy atom. The summed E-state index contributed by atoms with van der Waals surface area (Å²) in [5.41, 5.74) is 0.592. The summed E-state index contributed by atoms with van der Waals surface area (Å²) in [6.07, 6.45) is 2.02. The highest BCUT2D eigenvalue weighted by Gasteiger charge is 2.41. The molecule has 1 spiro atoms. The van der Waals surface area contributed by atoms with Gasteiger partial charge >= 0.3 is 0 Å². The summed E-state index contributed by atoms with van der Waals surface area (Å²) in [4.78, 5) is 0.279. The number of nitrogens with zero attached hydrogens (tertiary/aromatic N) is 1. The Hall–Kier alpha value is -0.660. The van der Waals surface area contributed by atoms with E-state index in [9.17, 15) is 8.42 Å². The van der Waals surface area contributed by atoms with Crippen LogP contribution in [0.2, 0.25) is 5.02 Å². The third-order valence-corrected chi connectivity index (χ3v) is 6.79. The topological polar surface area (TPSA) is 55.8 Å². The van der Waals surface area contributed by atoms with Gasteiger partial charge in [-0.1, -0.05) is 17.7 Å². The van der Waals surface area contributed by atoms with Gasteiger partial charge in [-0.05, 0) is 31.0 Å². The van der Waals surface area contributed by atoms with Crippen LogP contribution in [-0.4, -0.2) is 44.8 Å². The van der Waals surface area contributed by atoms with E-state index in [1.165, 1.54) is 4.31 Å². The molecule has 5 nitrogen and oxygen atoms in total. The molecule has 3 rings (SSSR count). The van der Waals surface area contributed by atoms with Crippen LogP contribution in [-0.2, 0) is 19.5 Å². The molecular formula is C15H20ClNO4S. The minimum Gasteiger partial charge on any atom is -0.350 e. The normalized spacial score (nSPS) is 22.8. The molecule has 0 N–H and O–H groups in total. The summed E-state index contributed by atoms with van der Waals surface area (Å²) in [5.74, 6) is -0.590. The van der Waals surface area contributed by atoms with E-state index >= 15 is 0 Å². The van der Waals surface area contributed by atoms with Crippen molar-refractivity contribution in [1.29, 1.82) is 0 Å². The molecule has 122 valence electrons. The van der Waals surface area contributed by atoms with Gasteiger partial charge in [0, 0.05) is 31.0 Å². The molecule has 2 heterocycles. The molecule has 2 saturated heterocycles. The Morgan fingerprint density at radius 2 is 1.82 bits per heavy atom. The van der Waals surface area contributed by atoms with Crippen molar-refractivity contribution in [1.82, 2.24) is 4.31 Å². The van der Waals surface area contributed by atoms with Crippen molar-refractivity contribution in [2.45, 2.75) is 36.9 Å². The zero-order chi connectivity index (χ0) is 15.8. The maximum Gasteiger partial charge on any atom is 0.243 e. The maximum atomic E-state index is 12.8. The number of sulfonamides is 1. The van der Waals surface area contributed by atoms with Crippen LogP contribution in [0.25, 0.3) is 0 Å². The summed E-state index contributed by atoms with van der Waals surface area (Å²) in [6.45, 7) is 3.89. The molecule has 1 aromatic carbocycles. The highest BCUT2D eigenvalue weighted by molar-refractivity contribution is 7.89. The first-order valence-electron chi connectivity index (χ1n) is 7.48. The van der Waals surface area contributed by atoms with E-state index in [1.54, 1.807) is 25.1 Å². The largest absolute Gasteiger partial charge is 0.350 e. The average Bonchev–Trinajstić information content (AvgIpc) is 2.51. The average molecular weight is 346 g/mol. The second kappa shape index (κ2) is 6.09. The zero-order valence-electron chi connectivity index (χ0n) is 12.5. The Labute approximate surface area is 136 Å². The van der Waals surface area contributed by atoms with Crippen molar-refractivity contribution in [3.8, 4) is 0 Å². The third-order valence-electron chi connectivity index (χ3n) is 4.34. The monoisotopic (exact) mass is 345 g/mol. The first-order valence-corrected chi connectivity index (χ1v) is 9.30. The van der Waals surface area contributed by atoms with Crippen LogP contribution in [0, 0.1) is 6.92 Å². The Kier molecular flexibility index (Phi) is 4.49. The first-order chi connectivity index (χ1) is 10.4. The fourth-order valence-corrected chi connectivity index (χ4v) is 4.90. The molecule has 22 heavy (non-hydrogen) atoms. The highest BCUT2D eigenvalue weighted by Crippen LogP contribution is 2.34. The van der Waals surface area contributed by atoms with Gasteiger partial charge in [-0.25, -0.2) is 8.42 Å². The highest BCUT2D eigenvalue weighted by atomic mass is 35.5. The van der Waals surface area contributed by atoms with E-state index in [-0.39, 0.29) is 4.90 Å². The molecule has 2 aliphatic rings. The maximum absolute atomic E-state index is 12.8. The minimum absolute atomic E-state index is 0.279. The molecule has 7 heteroatoms. The second-order valence-corrected chi connectivity index (χ2v) is 8.04. The lowest BCUT2D eigenvalue weighted by Crippen LogP contribution is -2.51. The molecule has 0 bridgehead atoms. The van der Waals surface area contributed by atoms with Crippen molar-refractivity contribution < 1.29 is 17.9 Å². The number of piperidine rings is 1. The quantitative estimate of drug-likeness (QED) is 0.826. The summed E-state index contributed by atoms with van der Waals surface area (Å²) < 4.78 is 38.6. The number of rotatable bonds is 2. The van der Waals surface area contributed by atoms with Crippen LogP contribution in [0.4, 0.5) is 0 Å². The third kappa shape index (κ3) is 2.90. The van der Waals surface area contributed by atoms with Crippen LogP contribution in [0.15, 0.2) is 23.1 Å². The Bertz CT molecular complexity index is 646. The van der Waals surface area contributed by atoms with Gasteiger partial charge in [0.1, 0.15) is 0 Å². The molecule has 2 aliphatic heterocycles. The fraction of sp³-hybridized carbons (Fsp3) is 0.600. The van der Waals surface area contributed by atoms with Gasteiger partial charge in [0.25, 0.3) is 0 Å². The van der Waals surface area contributed by atoms with Crippen molar-refractivity contribution in [2.24, 2.45) is 0 Å². The van der Waals surface area contributed by atoms with Gasteiger partial charge in [-0.3, -0.25) is 0 Å². The number of hydrogen-bond donors (Lipinski definition) is 0. The lowest BCUT2D eigenvalue weighted by atomic mass is 10.0. The molecule has 0 atom stereocenters. The molecule has 0 aromatic heterocycles. The van der Waals surface area contributed by atoms with Crippen LogP contribution in [0.1, 0.15) is 24.8 Å². The van der Waals surface area contributed by atoms with E-state index in [0.29, 0.717) is 49.7 Å². The van der Waals surface area contributed by atoms with Gasteiger partial charge in [-0.15, -0.1) is 0 Å². The lowest BCUT2D eigenvalue weighted by molar-refractivity contribution is -0.280. The number of ether oxygens (including phenoxy) is 2. The number of halogens is 1. The second-order valence-electron chi connectivity index (χ2n) is 5.73. The van der Waals surface area contributed by atoms with Crippen molar-refractivity contribution in [3.63, 3.8) is 0 Å². The number of benzene rings is 1. The number of hydrogen-bond acceptors (Lipinski definition) is 4. The molecule has 1 aromatic rings. The van der Waals surface area contributed by atoms with E-state index in [1.807, 2.05) is 0 Å². The van der Waals surface area contributed by atoms with E-state index in [0.717, 1.165) is 6.42 Å². The SMILES string of the molecule is Cc1c(Cl)cccc1S(=O)(=O)N1CCC2(CC1)OCCCO2. The van der Waals surface area contributed by atoms with E-state index < -0.39 is 15.8 Å². The fourth-order valence-electron chi connectivity index (χ4n) is 2.98. The van der Waals surface area contributed by atoms with Crippen molar-refractivity contribution in [3.05, 3.63) is 28.8 Å². The first kappa shape index (κ1) is 16.2. The van der Waals surface area contributed by atoms with Crippen LogP contribution >= 0.6 is 11.6 Å². The summed E-state index contributed by atoms with van der Waals surface area (Å²) in [5, 5.41) is 0.466. The molecule has 0 aliphatic carbocycles. The summed E-state index contributed by atoms with van der Waals surface area (Å²) >= 11 is 6.05. The van der Waals surface area contributed by atoms with Crippen LogP contribution in [0.3, 0.4) is 0 Å². The smallest absolute Gasteiger partial charge is 0.243 e. The van der Waals surface area contributed by atoms with Crippen molar-refractivity contribution in [2.75, 3.05) is 26.3 Å². The molecule has 0 radical (unpaired) electrons. The predicted molar refractivity (Wildman–Crippen MR) is 83.4 cm³/mol.